The topological polar surface area (TPSA) is 126 Å². The van der Waals surface area contributed by atoms with Crippen molar-refractivity contribution in [2.24, 2.45) is 0 Å². The third kappa shape index (κ3) is 12.2. The average molecular weight is 727 g/mol. The molecule has 3 rings (SSSR count). The molecule has 238 valence electrons. The smallest absolute Gasteiger partial charge is 0.338 e. The minimum atomic E-state index is -2.45. The number of carbonyl (C=O) groups is 2. The van der Waals surface area contributed by atoms with Crippen LogP contribution in [-0.4, -0.2) is 98.0 Å². The quantitative estimate of drug-likeness (QED) is 0.199. The molecule has 1 aromatic rings. The van der Waals surface area contributed by atoms with Gasteiger partial charge < -0.3 is 42.4 Å². The van der Waals surface area contributed by atoms with Crippen LogP contribution in [0.5, 0.6) is 0 Å². The van der Waals surface area contributed by atoms with E-state index < -0.39 is 84.8 Å². The Morgan fingerprint density at radius 1 is 0.571 bits per heavy atom. The molecule has 0 bridgehead atoms. The van der Waals surface area contributed by atoms with Crippen LogP contribution in [0.15, 0.2) is 24.3 Å². The van der Waals surface area contributed by atoms with Gasteiger partial charge in [0.1, 0.15) is 0 Å². The third-order valence-electron chi connectivity index (χ3n) is 6.57. The van der Waals surface area contributed by atoms with E-state index in [1.807, 2.05) is 52.4 Å². The van der Waals surface area contributed by atoms with Crippen molar-refractivity contribution in [3.63, 3.8) is 0 Å². The van der Waals surface area contributed by atoms with Gasteiger partial charge in [0, 0.05) is 0 Å². The Labute approximate surface area is 261 Å². The van der Waals surface area contributed by atoms with Gasteiger partial charge in [0.05, 0.1) is 24.3 Å². The molecule has 2 fully saturated rings. The van der Waals surface area contributed by atoms with E-state index in [1.165, 1.54) is 0 Å². The third-order valence-corrected chi connectivity index (χ3v) is 34.6. The number of esters is 2. The molecule has 0 aliphatic carbocycles. The Morgan fingerprint density at radius 3 is 1.14 bits per heavy atom. The van der Waals surface area contributed by atoms with Crippen molar-refractivity contribution < 1.29 is 52.0 Å². The lowest BCUT2D eigenvalue weighted by molar-refractivity contribution is 0.0488. The fraction of sp³-hybridized carbons (Fsp3) is 0.636. The van der Waals surface area contributed by atoms with Crippen LogP contribution < -0.4 is 0 Å². The van der Waals surface area contributed by atoms with E-state index >= 15 is 0 Å². The van der Waals surface area contributed by atoms with Crippen molar-refractivity contribution in [3.05, 3.63) is 35.4 Å². The van der Waals surface area contributed by atoms with Gasteiger partial charge in [-0.15, -0.1) is 0 Å². The van der Waals surface area contributed by atoms with E-state index in [-0.39, 0.29) is 13.2 Å². The first-order chi connectivity index (χ1) is 19.8. The number of benzene rings is 1. The van der Waals surface area contributed by atoms with Gasteiger partial charge in [-0.2, -0.15) is 0 Å². The van der Waals surface area contributed by atoms with Crippen molar-refractivity contribution in [2.75, 3.05) is 13.2 Å². The molecule has 4 atom stereocenters. The van der Waals surface area contributed by atoms with Crippen LogP contribution in [0.25, 0.3) is 0 Å². The molecule has 1 aromatic carbocycles. The van der Waals surface area contributed by atoms with E-state index in [0.717, 1.165) is 0 Å². The zero-order valence-electron chi connectivity index (χ0n) is 25.9. The SMILES string of the molecule is C[SiH]1O[SiH](C)O[Si](C)(CCCOC(=O)c2ccc(C(=O)OCCC[Si]3(C)O[SiH](C)O[SiH](C)O[SiH](C)O3)cc2)O[SiH](C)O1. The van der Waals surface area contributed by atoms with Gasteiger partial charge in [0.25, 0.3) is 55.7 Å². The first-order valence-electron chi connectivity index (χ1n) is 14.5. The van der Waals surface area contributed by atoms with E-state index in [1.54, 1.807) is 24.3 Å². The lowest BCUT2D eigenvalue weighted by Crippen LogP contribution is -2.53. The van der Waals surface area contributed by atoms with E-state index in [4.69, 9.17) is 42.4 Å². The summed E-state index contributed by atoms with van der Waals surface area (Å²) in [6.45, 7) is 16.6. The first-order valence-corrected chi connectivity index (χ1v) is 32.2. The second-order valence-electron chi connectivity index (χ2n) is 10.7. The highest BCUT2D eigenvalue weighted by molar-refractivity contribution is 6.82. The van der Waals surface area contributed by atoms with E-state index in [9.17, 15) is 9.59 Å². The average Bonchev–Trinajstić information content (AvgIpc) is 2.86. The Bertz CT molecular complexity index is 917. The molecule has 2 saturated heterocycles. The molecule has 12 nitrogen and oxygen atoms in total. The summed E-state index contributed by atoms with van der Waals surface area (Å²) in [6, 6.07) is 7.66. The number of carbonyl (C=O) groups excluding carboxylic acids is 2. The van der Waals surface area contributed by atoms with Gasteiger partial charge in [-0.05, 0) is 102 Å². The lowest BCUT2D eigenvalue weighted by atomic mass is 10.1. The standard InChI is InChI=1S/C22H46O12Si8/c1-35-27-37(3)31-41(7,32-38(4)28-35)17-9-15-25-21(23)19-11-13-20(14-12-19)22(24)26-16-10-18-42(8)33-39(5)29-36(2)30-40(6)34-42/h11-14,35-40H,9-10,15-18H2,1-8H3. The molecule has 0 radical (unpaired) electrons. The molecule has 0 amide bonds. The molecule has 0 aromatic heterocycles. The van der Waals surface area contributed by atoms with Gasteiger partial charge in [0.2, 0.25) is 0 Å². The monoisotopic (exact) mass is 726 g/mol. The van der Waals surface area contributed by atoms with Crippen molar-refractivity contribution in [1.82, 2.24) is 0 Å². The van der Waals surface area contributed by atoms with Crippen LogP contribution in [-0.2, 0) is 42.4 Å². The summed E-state index contributed by atoms with van der Waals surface area (Å²) < 4.78 is 59.8. The Hall–Kier alpha value is -0.425. The minimum Gasteiger partial charge on any atom is -0.462 e. The maximum absolute atomic E-state index is 12.6. The molecular weight excluding hydrogens is 681 g/mol. The van der Waals surface area contributed by atoms with Crippen molar-refractivity contribution in [1.29, 1.82) is 0 Å². The molecule has 2 heterocycles. The van der Waals surface area contributed by atoms with Gasteiger partial charge >= 0.3 is 29.1 Å². The van der Waals surface area contributed by atoms with E-state index in [0.29, 0.717) is 36.1 Å². The maximum Gasteiger partial charge on any atom is 0.338 e. The predicted octanol–water partition coefficient (Wildman–Crippen LogP) is 2.19. The molecule has 0 saturated carbocycles. The first kappa shape index (κ1) is 36.0. The summed E-state index contributed by atoms with van der Waals surface area (Å²) in [5, 5.41) is 0. The highest BCUT2D eigenvalue weighted by Gasteiger charge is 2.40. The Kier molecular flexibility index (Phi) is 14.4. The summed E-state index contributed by atoms with van der Waals surface area (Å²) in [7, 11) is -15.5. The van der Waals surface area contributed by atoms with Crippen LogP contribution in [0, 0.1) is 0 Å². The highest BCUT2D eigenvalue weighted by atomic mass is 28.5. The molecule has 20 heteroatoms. The summed E-state index contributed by atoms with van der Waals surface area (Å²) in [5.74, 6) is -0.896. The van der Waals surface area contributed by atoms with Gasteiger partial charge in [0.15, 0.2) is 0 Å². The van der Waals surface area contributed by atoms with Crippen molar-refractivity contribution >= 4 is 84.8 Å². The molecular formula is C22H46O12Si8. The normalized spacial score (nSPS) is 34.4. The molecule has 0 N–H and O–H groups in total. The number of hydrogen-bond donors (Lipinski definition) is 0. The van der Waals surface area contributed by atoms with Crippen LogP contribution in [0.2, 0.25) is 64.5 Å². The highest BCUT2D eigenvalue weighted by Crippen LogP contribution is 2.23. The fourth-order valence-electron chi connectivity index (χ4n) is 4.98. The summed E-state index contributed by atoms with van der Waals surface area (Å²) in [5.41, 5.74) is 0.735. The van der Waals surface area contributed by atoms with Crippen LogP contribution >= 0.6 is 0 Å². The predicted molar refractivity (Wildman–Crippen MR) is 176 cm³/mol. The van der Waals surface area contributed by atoms with Gasteiger partial charge in [-0.3, -0.25) is 0 Å². The summed E-state index contributed by atoms with van der Waals surface area (Å²) in [6.07, 6.45) is 1.24. The lowest BCUT2D eigenvalue weighted by Gasteiger charge is -2.37. The van der Waals surface area contributed by atoms with E-state index in [2.05, 4.69) is 0 Å². The second-order valence-corrected chi connectivity index (χ2v) is 31.2. The molecule has 4 unspecified atom stereocenters. The summed E-state index contributed by atoms with van der Waals surface area (Å²) in [4.78, 5) is 25.1. The number of ether oxygens (including phenoxy) is 2. The zero-order valence-corrected chi connectivity index (χ0v) is 34.8. The Morgan fingerprint density at radius 2 is 0.857 bits per heavy atom. The van der Waals surface area contributed by atoms with Crippen molar-refractivity contribution in [3.8, 4) is 0 Å². The fourth-order valence-corrected chi connectivity index (χ4v) is 34.3. The molecule has 0 spiro atoms. The van der Waals surface area contributed by atoms with Crippen molar-refractivity contribution in [2.45, 2.75) is 77.3 Å². The van der Waals surface area contributed by atoms with Gasteiger partial charge in [-0.1, -0.05) is 0 Å². The molecule has 42 heavy (non-hydrogen) atoms. The minimum absolute atomic E-state index is 0.244. The number of rotatable bonds is 10. The molecule has 2 aliphatic rings. The summed E-state index contributed by atoms with van der Waals surface area (Å²) >= 11 is 0. The Balaban J connectivity index is 1.39. The second kappa shape index (κ2) is 16.8. The molecule has 2 aliphatic heterocycles. The zero-order chi connectivity index (χ0) is 30.9. The van der Waals surface area contributed by atoms with Crippen LogP contribution in [0.4, 0.5) is 0 Å². The largest absolute Gasteiger partial charge is 0.462 e. The maximum atomic E-state index is 12.6. The van der Waals surface area contributed by atoms with Crippen LogP contribution in [0.1, 0.15) is 33.6 Å². The van der Waals surface area contributed by atoms with Gasteiger partial charge in [-0.25, -0.2) is 9.59 Å². The van der Waals surface area contributed by atoms with Crippen LogP contribution in [0.3, 0.4) is 0 Å². The number of hydrogen-bond acceptors (Lipinski definition) is 12.